The maximum atomic E-state index is 12.9. The number of hydrogen-bond acceptors (Lipinski definition) is 2. The van der Waals surface area contributed by atoms with Crippen LogP contribution in [0.5, 0.6) is 5.75 Å². The van der Waals surface area contributed by atoms with Crippen molar-refractivity contribution in [1.29, 1.82) is 0 Å². The summed E-state index contributed by atoms with van der Waals surface area (Å²) in [4.78, 5) is 12.9. The van der Waals surface area contributed by atoms with Gasteiger partial charge in [0.25, 0.3) is 0 Å². The van der Waals surface area contributed by atoms with Crippen molar-refractivity contribution < 1.29 is 9.53 Å². The first-order valence-electron chi connectivity index (χ1n) is 9.41. The lowest BCUT2D eigenvalue weighted by atomic mass is 9.75. The predicted molar refractivity (Wildman–Crippen MR) is 113 cm³/mol. The van der Waals surface area contributed by atoms with E-state index in [0.29, 0.717) is 0 Å². The largest absolute Gasteiger partial charge is 0.497 e. The number of carbonyl (C=O) groups excluding carboxylic acids is 1. The summed E-state index contributed by atoms with van der Waals surface area (Å²) in [5.74, 6) is 2.14. The molecule has 0 heterocycles. The average Bonchev–Trinajstić information content (AvgIpc) is 3.13. The quantitative estimate of drug-likeness (QED) is 0.531. The Kier molecular flexibility index (Phi) is 3.91. The standard InChI is InChI=1S/C26H19O2/c1-28-19-13-10-18(11-14-19)23-16-24(22-9-5-4-8-21(22)23)26-20-7-3-2-6-17(20)12-15-25(26)27/h2-17H,1H3/q-1. The number of benzene rings is 2. The van der Waals surface area contributed by atoms with Crippen LogP contribution in [0.25, 0.3) is 11.1 Å². The van der Waals surface area contributed by atoms with Crippen LogP contribution in [0, 0.1) is 11.8 Å². The van der Waals surface area contributed by atoms with Crippen LogP contribution in [0.3, 0.4) is 0 Å². The zero-order valence-corrected chi connectivity index (χ0v) is 15.6. The van der Waals surface area contributed by atoms with Crippen molar-refractivity contribution >= 4 is 16.9 Å². The Morgan fingerprint density at radius 2 is 1.71 bits per heavy atom. The molecule has 1 unspecified atom stereocenters. The van der Waals surface area contributed by atoms with E-state index in [4.69, 9.17) is 4.74 Å². The van der Waals surface area contributed by atoms with E-state index in [1.165, 1.54) is 0 Å². The number of rotatable bonds is 2. The van der Waals surface area contributed by atoms with Gasteiger partial charge in [-0.2, -0.15) is 0 Å². The zero-order valence-electron chi connectivity index (χ0n) is 15.6. The van der Waals surface area contributed by atoms with Gasteiger partial charge in [-0.1, -0.05) is 77.4 Å². The van der Waals surface area contributed by atoms with E-state index in [1.807, 2.05) is 42.5 Å². The number of fused-ring (bicyclic) bond motifs is 2. The van der Waals surface area contributed by atoms with Crippen LogP contribution in [-0.4, -0.2) is 12.9 Å². The van der Waals surface area contributed by atoms with Gasteiger partial charge in [0.1, 0.15) is 11.5 Å². The van der Waals surface area contributed by atoms with Gasteiger partial charge in [-0.05, 0) is 34.8 Å². The minimum absolute atomic E-state index is 0.0724. The molecule has 2 aromatic rings. The first kappa shape index (κ1) is 16.6. The highest BCUT2D eigenvalue weighted by Gasteiger charge is 2.26. The van der Waals surface area contributed by atoms with Gasteiger partial charge in [-0.25, -0.2) is 0 Å². The molecule has 28 heavy (non-hydrogen) atoms. The van der Waals surface area contributed by atoms with Crippen molar-refractivity contribution in [3.8, 4) is 5.75 Å². The van der Waals surface area contributed by atoms with Crippen LogP contribution in [0.4, 0.5) is 0 Å². The van der Waals surface area contributed by atoms with E-state index in [-0.39, 0.29) is 11.7 Å². The van der Waals surface area contributed by atoms with E-state index >= 15 is 0 Å². The highest BCUT2D eigenvalue weighted by Crippen LogP contribution is 2.45. The first-order valence-corrected chi connectivity index (χ1v) is 9.41. The molecule has 0 saturated heterocycles. The van der Waals surface area contributed by atoms with Crippen molar-refractivity contribution in [2.45, 2.75) is 0 Å². The third-order valence-corrected chi connectivity index (χ3v) is 5.52. The van der Waals surface area contributed by atoms with Crippen LogP contribution in [0.15, 0.2) is 96.6 Å². The first-order chi connectivity index (χ1) is 13.8. The third-order valence-electron chi connectivity index (χ3n) is 5.52. The van der Waals surface area contributed by atoms with Gasteiger partial charge in [0, 0.05) is 0 Å². The van der Waals surface area contributed by atoms with Crippen LogP contribution >= 0.6 is 0 Å². The Morgan fingerprint density at radius 3 is 2.50 bits per heavy atom. The third kappa shape index (κ3) is 2.57. The molecule has 2 nitrogen and oxygen atoms in total. The second-order valence-corrected chi connectivity index (χ2v) is 7.07. The van der Waals surface area contributed by atoms with E-state index in [1.54, 1.807) is 13.2 Å². The fourth-order valence-corrected chi connectivity index (χ4v) is 4.15. The van der Waals surface area contributed by atoms with Gasteiger partial charge < -0.3 is 9.53 Å². The van der Waals surface area contributed by atoms with Crippen LogP contribution in [-0.2, 0) is 4.79 Å². The SMILES string of the molecule is COc1ccc(C2=CC(=C3C(=O)C=CC4C=CC=C[C-]34)c3ccccc32)cc1. The molecule has 0 amide bonds. The monoisotopic (exact) mass is 363 g/mol. The second-order valence-electron chi connectivity index (χ2n) is 7.07. The van der Waals surface area contributed by atoms with Gasteiger partial charge in [-0.15, -0.1) is 24.1 Å². The predicted octanol–water partition coefficient (Wildman–Crippen LogP) is 5.35. The molecule has 0 saturated carbocycles. The van der Waals surface area contributed by atoms with E-state index in [2.05, 4.69) is 42.5 Å². The van der Waals surface area contributed by atoms with Crippen molar-refractivity contribution in [2.75, 3.05) is 7.11 Å². The second kappa shape index (κ2) is 6.58. The molecule has 2 aromatic carbocycles. The molecule has 0 aromatic heterocycles. The lowest BCUT2D eigenvalue weighted by Crippen LogP contribution is -2.21. The minimum atomic E-state index is 0.0724. The topological polar surface area (TPSA) is 26.3 Å². The molecule has 136 valence electrons. The van der Waals surface area contributed by atoms with E-state index in [0.717, 1.165) is 45.1 Å². The maximum absolute atomic E-state index is 12.9. The minimum Gasteiger partial charge on any atom is -0.497 e. The number of methoxy groups -OCH3 is 1. The summed E-state index contributed by atoms with van der Waals surface area (Å²) in [7, 11) is 1.67. The normalized spacial score (nSPS) is 22.2. The number of allylic oxidation sites excluding steroid dienone is 9. The molecule has 3 aliphatic rings. The van der Waals surface area contributed by atoms with Crippen LogP contribution in [0.1, 0.15) is 16.7 Å². The Bertz CT molecular complexity index is 1110. The van der Waals surface area contributed by atoms with Crippen molar-refractivity contribution in [3.63, 3.8) is 0 Å². The molecule has 0 N–H and O–H groups in total. The summed E-state index contributed by atoms with van der Waals surface area (Å²) in [5.41, 5.74) is 6.34. The molecule has 0 radical (unpaired) electrons. The van der Waals surface area contributed by atoms with Crippen molar-refractivity contribution in [1.82, 2.24) is 0 Å². The molecular formula is C26H19O2-. The van der Waals surface area contributed by atoms with Gasteiger partial charge in [-0.3, -0.25) is 0 Å². The van der Waals surface area contributed by atoms with Crippen LogP contribution in [0.2, 0.25) is 0 Å². The number of ether oxygens (including phenoxy) is 1. The Morgan fingerprint density at radius 1 is 0.929 bits per heavy atom. The maximum Gasteiger partial charge on any atom is 0.118 e. The molecular weight excluding hydrogens is 344 g/mol. The van der Waals surface area contributed by atoms with Crippen LogP contribution < -0.4 is 4.74 Å². The molecule has 0 spiro atoms. The molecule has 3 aliphatic carbocycles. The summed E-state index contributed by atoms with van der Waals surface area (Å²) >= 11 is 0. The van der Waals surface area contributed by atoms with Crippen molar-refractivity contribution in [2.24, 2.45) is 5.92 Å². The van der Waals surface area contributed by atoms with Gasteiger partial charge in [0.05, 0.1) is 7.11 Å². The van der Waals surface area contributed by atoms with E-state index in [9.17, 15) is 4.79 Å². The number of carbonyl (C=O) groups is 1. The fraction of sp³-hybridized carbons (Fsp3) is 0.0769. The molecule has 0 fully saturated rings. The average molecular weight is 363 g/mol. The molecule has 0 bridgehead atoms. The molecule has 2 heteroatoms. The summed E-state index contributed by atoms with van der Waals surface area (Å²) < 4.78 is 5.29. The number of ketones is 1. The zero-order chi connectivity index (χ0) is 19.1. The fourth-order valence-electron chi connectivity index (χ4n) is 4.15. The molecule has 5 rings (SSSR count). The van der Waals surface area contributed by atoms with E-state index < -0.39 is 0 Å². The highest BCUT2D eigenvalue weighted by molar-refractivity contribution is 6.18. The highest BCUT2D eigenvalue weighted by atomic mass is 16.5. The molecule has 1 atom stereocenters. The summed E-state index contributed by atoms with van der Waals surface area (Å²) in [6.07, 6.45) is 14.1. The summed E-state index contributed by atoms with van der Waals surface area (Å²) in [5, 5.41) is 0. The van der Waals surface area contributed by atoms with Crippen molar-refractivity contribution in [3.05, 3.63) is 119 Å². The smallest absolute Gasteiger partial charge is 0.118 e. The molecule has 0 aliphatic heterocycles. The lowest BCUT2D eigenvalue weighted by molar-refractivity contribution is -0.111. The van der Waals surface area contributed by atoms with Gasteiger partial charge in [0.15, 0.2) is 0 Å². The van der Waals surface area contributed by atoms with Gasteiger partial charge >= 0.3 is 0 Å². The Labute approximate surface area is 164 Å². The lowest BCUT2D eigenvalue weighted by Gasteiger charge is -2.35. The Hall–Kier alpha value is -3.52. The van der Waals surface area contributed by atoms with Gasteiger partial charge in [0.2, 0.25) is 0 Å². The summed E-state index contributed by atoms with van der Waals surface area (Å²) in [6, 6.07) is 16.4. The number of hydrogen-bond donors (Lipinski definition) is 0. The summed E-state index contributed by atoms with van der Waals surface area (Å²) in [6.45, 7) is 0. The Balaban J connectivity index is 1.71.